The van der Waals surface area contributed by atoms with E-state index in [1.54, 1.807) is 21.3 Å². The molecule has 2 rings (SSSR count). The minimum absolute atomic E-state index is 0.367. The van der Waals surface area contributed by atoms with E-state index >= 15 is 0 Å². The average molecular weight is 350 g/mol. The highest BCUT2D eigenvalue weighted by Gasteiger charge is 2.32. The number of hydrogen-bond donors (Lipinski definition) is 0. The lowest BCUT2D eigenvalue weighted by Crippen LogP contribution is -2.29. The van der Waals surface area contributed by atoms with Crippen LogP contribution in [0.4, 0.5) is 0 Å². The molecule has 1 aromatic carbocycles. The van der Waals surface area contributed by atoms with Crippen LogP contribution in [-0.4, -0.2) is 39.3 Å². The van der Waals surface area contributed by atoms with Crippen molar-refractivity contribution in [2.45, 2.75) is 58.4 Å². The Morgan fingerprint density at radius 3 is 2.28 bits per heavy atom. The lowest BCUT2D eigenvalue weighted by Gasteiger charge is -2.30. The molecule has 142 valence electrons. The van der Waals surface area contributed by atoms with Crippen molar-refractivity contribution in [3.05, 3.63) is 17.7 Å². The summed E-state index contributed by atoms with van der Waals surface area (Å²) in [6.45, 7) is 6.92. The van der Waals surface area contributed by atoms with Crippen LogP contribution in [0.1, 0.15) is 64.0 Å². The first-order valence-corrected chi connectivity index (χ1v) is 9.72. The Morgan fingerprint density at radius 2 is 1.76 bits per heavy atom. The van der Waals surface area contributed by atoms with E-state index in [-0.39, 0.29) is 0 Å². The molecule has 0 spiro atoms. The van der Waals surface area contributed by atoms with Gasteiger partial charge in [-0.05, 0) is 31.7 Å². The van der Waals surface area contributed by atoms with Gasteiger partial charge in [-0.1, -0.05) is 33.1 Å². The largest absolute Gasteiger partial charge is 0.496 e. The molecule has 2 unspecified atom stereocenters. The summed E-state index contributed by atoms with van der Waals surface area (Å²) >= 11 is 0. The second kappa shape index (κ2) is 9.91. The number of rotatable bonds is 10. The highest BCUT2D eigenvalue weighted by atomic mass is 16.5. The van der Waals surface area contributed by atoms with Crippen LogP contribution in [0.2, 0.25) is 0 Å². The van der Waals surface area contributed by atoms with E-state index in [1.807, 2.05) is 12.1 Å². The molecule has 1 aliphatic heterocycles. The van der Waals surface area contributed by atoms with Gasteiger partial charge in [0.25, 0.3) is 0 Å². The molecule has 0 bridgehead atoms. The third-order valence-corrected chi connectivity index (χ3v) is 5.49. The van der Waals surface area contributed by atoms with Gasteiger partial charge in [-0.3, -0.25) is 4.90 Å². The van der Waals surface area contributed by atoms with Crippen molar-refractivity contribution in [1.29, 1.82) is 0 Å². The Labute approximate surface area is 153 Å². The number of ether oxygens (including phenoxy) is 3. The molecule has 1 saturated heterocycles. The third-order valence-electron chi connectivity index (χ3n) is 5.49. The molecule has 0 radical (unpaired) electrons. The molecular formula is C21H35NO3. The molecule has 0 saturated carbocycles. The summed E-state index contributed by atoms with van der Waals surface area (Å²) in [4.78, 5) is 2.64. The van der Waals surface area contributed by atoms with Gasteiger partial charge in [-0.15, -0.1) is 0 Å². The fourth-order valence-electron chi connectivity index (χ4n) is 3.98. The number of methoxy groups -OCH3 is 3. The third kappa shape index (κ3) is 4.81. The summed E-state index contributed by atoms with van der Waals surface area (Å²) in [5.74, 6) is 3.29. The molecule has 1 heterocycles. The van der Waals surface area contributed by atoms with Gasteiger partial charge >= 0.3 is 0 Å². The fraction of sp³-hybridized carbons (Fsp3) is 0.714. The molecule has 1 aliphatic rings. The lowest BCUT2D eigenvalue weighted by atomic mass is 9.96. The van der Waals surface area contributed by atoms with Crippen LogP contribution in [-0.2, 0) is 0 Å². The van der Waals surface area contributed by atoms with E-state index in [1.165, 1.54) is 44.2 Å². The molecule has 0 aliphatic carbocycles. The van der Waals surface area contributed by atoms with Gasteiger partial charge in [0.15, 0.2) is 0 Å². The van der Waals surface area contributed by atoms with Gasteiger partial charge < -0.3 is 14.2 Å². The van der Waals surface area contributed by atoms with Crippen LogP contribution in [0.25, 0.3) is 0 Å². The van der Waals surface area contributed by atoms with Gasteiger partial charge in [-0.2, -0.15) is 0 Å². The molecule has 1 fully saturated rings. The van der Waals surface area contributed by atoms with Crippen molar-refractivity contribution < 1.29 is 14.2 Å². The van der Waals surface area contributed by atoms with E-state index < -0.39 is 0 Å². The van der Waals surface area contributed by atoms with Crippen LogP contribution in [0.3, 0.4) is 0 Å². The van der Waals surface area contributed by atoms with Crippen LogP contribution in [0.15, 0.2) is 12.1 Å². The van der Waals surface area contributed by atoms with E-state index in [0.717, 1.165) is 36.1 Å². The number of benzene rings is 1. The van der Waals surface area contributed by atoms with Gasteiger partial charge in [0, 0.05) is 24.7 Å². The minimum atomic E-state index is 0.367. The number of hydrogen-bond acceptors (Lipinski definition) is 4. The normalized spacial score (nSPS) is 19.0. The zero-order chi connectivity index (χ0) is 18.2. The standard InChI is InChI=1S/C21H35NO3/c1-6-8-10-16(7-2)15-22-12-9-11-18(22)21-19(24-4)13-17(23-3)14-20(21)25-5/h13-14,16,18H,6-12,15H2,1-5H3. The Hall–Kier alpha value is -1.42. The Morgan fingerprint density at radius 1 is 1.08 bits per heavy atom. The van der Waals surface area contributed by atoms with Gasteiger partial charge in [-0.25, -0.2) is 0 Å². The maximum absolute atomic E-state index is 5.70. The molecule has 1 aromatic rings. The molecule has 25 heavy (non-hydrogen) atoms. The minimum Gasteiger partial charge on any atom is -0.496 e. The second-order valence-corrected chi connectivity index (χ2v) is 7.02. The Bertz CT molecular complexity index is 507. The monoisotopic (exact) mass is 349 g/mol. The van der Waals surface area contributed by atoms with Gasteiger partial charge in [0.2, 0.25) is 0 Å². The summed E-state index contributed by atoms with van der Waals surface area (Å²) in [6.07, 6.45) is 7.57. The topological polar surface area (TPSA) is 30.9 Å². The number of nitrogens with zero attached hydrogens (tertiary/aromatic N) is 1. The molecule has 4 heteroatoms. The van der Waals surface area contributed by atoms with Crippen molar-refractivity contribution in [3.63, 3.8) is 0 Å². The summed E-state index contributed by atoms with van der Waals surface area (Å²) in [6, 6.07) is 4.32. The molecule has 0 N–H and O–H groups in total. The fourth-order valence-corrected chi connectivity index (χ4v) is 3.98. The van der Waals surface area contributed by atoms with Crippen LogP contribution in [0, 0.1) is 5.92 Å². The Balaban J connectivity index is 2.26. The SMILES string of the molecule is CCCCC(CC)CN1CCCC1c1c(OC)cc(OC)cc1OC. The van der Waals surface area contributed by atoms with Crippen molar-refractivity contribution in [2.24, 2.45) is 5.92 Å². The van der Waals surface area contributed by atoms with Crippen molar-refractivity contribution in [1.82, 2.24) is 4.90 Å². The Kier molecular flexibility index (Phi) is 7.89. The predicted molar refractivity (Wildman–Crippen MR) is 103 cm³/mol. The second-order valence-electron chi connectivity index (χ2n) is 7.02. The summed E-state index contributed by atoms with van der Waals surface area (Å²) in [5, 5.41) is 0. The first-order chi connectivity index (χ1) is 12.2. The zero-order valence-electron chi connectivity index (χ0n) is 16.6. The first kappa shape index (κ1) is 19.9. The van der Waals surface area contributed by atoms with E-state index in [9.17, 15) is 0 Å². The van der Waals surface area contributed by atoms with Crippen LogP contribution in [0.5, 0.6) is 17.2 Å². The van der Waals surface area contributed by atoms with Crippen molar-refractivity contribution in [3.8, 4) is 17.2 Å². The highest BCUT2D eigenvalue weighted by Crippen LogP contribution is 2.45. The van der Waals surface area contributed by atoms with E-state index in [2.05, 4.69) is 18.7 Å². The average Bonchev–Trinajstić information content (AvgIpc) is 3.11. The predicted octanol–water partition coefficient (Wildman–Crippen LogP) is 5.07. The van der Waals surface area contributed by atoms with E-state index in [0.29, 0.717) is 6.04 Å². The number of unbranched alkanes of at least 4 members (excludes halogenated alkanes) is 1. The van der Waals surface area contributed by atoms with Gasteiger partial charge in [0.1, 0.15) is 17.2 Å². The van der Waals surface area contributed by atoms with Crippen LogP contribution >= 0.6 is 0 Å². The molecule has 0 aromatic heterocycles. The summed E-state index contributed by atoms with van der Waals surface area (Å²) in [5.41, 5.74) is 1.17. The summed E-state index contributed by atoms with van der Waals surface area (Å²) in [7, 11) is 5.13. The van der Waals surface area contributed by atoms with Crippen molar-refractivity contribution in [2.75, 3.05) is 34.4 Å². The summed E-state index contributed by atoms with van der Waals surface area (Å²) < 4.78 is 16.8. The van der Waals surface area contributed by atoms with E-state index in [4.69, 9.17) is 14.2 Å². The quantitative estimate of drug-likeness (QED) is 0.590. The highest BCUT2D eigenvalue weighted by molar-refractivity contribution is 5.52. The molecule has 2 atom stereocenters. The first-order valence-electron chi connectivity index (χ1n) is 9.72. The van der Waals surface area contributed by atoms with Crippen LogP contribution < -0.4 is 14.2 Å². The molecule has 4 nitrogen and oxygen atoms in total. The van der Waals surface area contributed by atoms with Crippen molar-refractivity contribution >= 4 is 0 Å². The lowest BCUT2D eigenvalue weighted by molar-refractivity contribution is 0.198. The smallest absolute Gasteiger partial charge is 0.131 e. The maximum Gasteiger partial charge on any atom is 0.131 e. The van der Waals surface area contributed by atoms with Gasteiger partial charge in [0.05, 0.1) is 26.9 Å². The molecule has 0 amide bonds. The zero-order valence-corrected chi connectivity index (χ0v) is 16.6. The molecular weight excluding hydrogens is 314 g/mol. The maximum atomic E-state index is 5.70. The number of likely N-dealkylation sites (tertiary alicyclic amines) is 1.